The normalized spacial score (nSPS) is 16.0. The molecular weight excluding hydrogens is 354 g/mol. The van der Waals surface area contributed by atoms with Gasteiger partial charge in [0.1, 0.15) is 11.6 Å². The molecule has 3 heterocycles. The maximum atomic E-state index is 12.4. The van der Waals surface area contributed by atoms with Gasteiger partial charge in [0.25, 0.3) is 5.95 Å². The van der Waals surface area contributed by atoms with Crippen molar-refractivity contribution in [3.05, 3.63) is 59.5 Å². The van der Waals surface area contributed by atoms with Crippen LogP contribution in [0.5, 0.6) is 5.75 Å². The summed E-state index contributed by atoms with van der Waals surface area (Å²) in [4.78, 5) is 21.0. The predicted octanol–water partition coefficient (Wildman–Crippen LogP) is 3.48. The number of aromatic nitrogens is 4. The summed E-state index contributed by atoms with van der Waals surface area (Å²) in [5.74, 6) is 2.27. The zero-order valence-electron chi connectivity index (χ0n) is 16.2. The minimum atomic E-state index is -0.0691. The van der Waals surface area contributed by atoms with E-state index in [9.17, 15) is 4.79 Å². The summed E-state index contributed by atoms with van der Waals surface area (Å²) in [5, 5.41) is 7.54. The van der Waals surface area contributed by atoms with Crippen molar-refractivity contribution in [1.82, 2.24) is 19.7 Å². The van der Waals surface area contributed by atoms with Crippen LogP contribution in [-0.4, -0.2) is 32.3 Å². The van der Waals surface area contributed by atoms with Gasteiger partial charge in [0.2, 0.25) is 5.91 Å². The molecule has 1 aromatic carbocycles. The van der Waals surface area contributed by atoms with Crippen LogP contribution in [0.4, 0.5) is 5.82 Å². The van der Waals surface area contributed by atoms with E-state index in [0.29, 0.717) is 30.7 Å². The number of amides is 1. The summed E-state index contributed by atoms with van der Waals surface area (Å²) in [5.41, 5.74) is 2.92. The number of nitrogens with one attached hydrogen (secondary N) is 1. The van der Waals surface area contributed by atoms with Crippen molar-refractivity contribution < 1.29 is 9.53 Å². The molecule has 0 bridgehead atoms. The van der Waals surface area contributed by atoms with Crippen LogP contribution < -0.4 is 10.1 Å². The molecule has 1 aliphatic heterocycles. The fourth-order valence-corrected chi connectivity index (χ4v) is 3.44. The molecule has 1 amide bonds. The second-order valence-electron chi connectivity index (χ2n) is 7.39. The average Bonchev–Trinajstić information content (AvgIpc) is 3.03. The lowest BCUT2D eigenvalue weighted by molar-refractivity contribution is -0.116. The molecule has 4 rings (SSSR count). The molecular formula is C21H23N5O2. The summed E-state index contributed by atoms with van der Waals surface area (Å²) in [7, 11) is 0. The van der Waals surface area contributed by atoms with Crippen molar-refractivity contribution in [3.8, 4) is 11.7 Å². The molecule has 1 N–H and O–H groups in total. The van der Waals surface area contributed by atoms with Crippen LogP contribution in [0, 0.1) is 12.8 Å². The Morgan fingerprint density at radius 1 is 1.21 bits per heavy atom. The number of carbonyl (C=O) groups is 1. The molecule has 0 aliphatic carbocycles. The van der Waals surface area contributed by atoms with Gasteiger partial charge in [-0.25, -0.2) is 9.97 Å². The molecule has 144 valence electrons. The van der Waals surface area contributed by atoms with Crippen molar-refractivity contribution in [2.45, 2.75) is 33.1 Å². The van der Waals surface area contributed by atoms with E-state index in [1.165, 1.54) is 0 Å². The van der Waals surface area contributed by atoms with E-state index in [1.54, 1.807) is 23.1 Å². The number of aryl methyl sites for hydroxylation is 1. The highest BCUT2D eigenvalue weighted by atomic mass is 16.5. The second-order valence-corrected chi connectivity index (χ2v) is 7.39. The zero-order valence-corrected chi connectivity index (χ0v) is 16.2. The molecule has 1 atom stereocenters. The third kappa shape index (κ3) is 3.47. The van der Waals surface area contributed by atoms with Gasteiger partial charge in [0.05, 0.1) is 12.3 Å². The summed E-state index contributed by atoms with van der Waals surface area (Å²) in [6, 6.07) is 9.72. The van der Waals surface area contributed by atoms with Gasteiger partial charge < -0.3 is 10.1 Å². The maximum absolute atomic E-state index is 12.4. The van der Waals surface area contributed by atoms with E-state index >= 15 is 0 Å². The minimum absolute atomic E-state index is 0.0466. The molecule has 28 heavy (non-hydrogen) atoms. The molecule has 0 spiro atoms. The topological polar surface area (TPSA) is 81.9 Å². The van der Waals surface area contributed by atoms with Crippen molar-refractivity contribution in [2.75, 3.05) is 11.9 Å². The highest BCUT2D eigenvalue weighted by molar-refractivity contribution is 5.95. The molecule has 7 heteroatoms. The number of carbonyl (C=O) groups excluding carboxylic acids is 1. The summed E-state index contributed by atoms with van der Waals surface area (Å²) < 4.78 is 7.38. The minimum Gasteiger partial charge on any atom is -0.493 e. The Morgan fingerprint density at radius 2 is 1.93 bits per heavy atom. The van der Waals surface area contributed by atoms with Crippen LogP contribution >= 0.6 is 0 Å². The summed E-state index contributed by atoms with van der Waals surface area (Å²) >= 11 is 0. The smallest absolute Gasteiger partial charge is 0.252 e. The van der Waals surface area contributed by atoms with Gasteiger partial charge in [-0.1, -0.05) is 26.0 Å². The van der Waals surface area contributed by atoms with E-state index in [0.717, 1.165) is 22.6 Å². The molecule has 1 aliphatic rings. The monoisotopic (exact) mass is 377 g/mol. The third-order valence-electron chi connectivity index (χ3n) is 4.71. The van der Waals surface area contributed by atoms with Crippen LogP contribution in [0.1, 0.15) is 43.0 Å². The highest BCUT2D eigenvalue weighted by Crippen LogP contribution is 2.40. The SMILES string of the molecule is Cc1nn(-c2ncccn2)c2c1[C@H](c1ccc(OCC(C)C)cc1)CC(=O)N2. The fraction of sp³-hybridized carbons (Fsp3) is 0.333. The van der Waals surface area contributed by atoms with Crippen molar-refractivity contribution in [2.24, 2.45) is 5.92 Å². The van der Waals surface area contributed by atoms with Crippen molar-refractivity contribution >= 4 is 11.7 Å². The second kappa shape index (κ2) is 7.42. The standard InChI is InChI=1S/C21H23N5O2/c1-13(2)12-28-16-7-5-15(6-8-16)17-11-18(27)24-20-19(17)14(3)25-26(20)21-22-9-4-10-23-21/h4-10,13,17H,11-12H2,1-3H3,(H,24,27)/t17-/m0/s1. The predicted molar refractivity (Wildman–Crippen MR) is 106 cm³/mol. The number of hydrogen-bond donors (Lipinski definition) is 1. The average molecular weight is 377 g/mol. The highest BCUT2D eigenvalue weighted by Gasteiger charge is 2.33. The Balaban J connectivity index is 1.69. The Hall–Kier alpha value is -3.22. The first-order chi connectivity index (χ1) is 13.5. The van der Waals surface area contributed by atoms with Crippen LogP contribution in [0.15, 0.2) is 42.7 Å². The molecule has 0 unspecified atom stereocenters. The van der Waals surface area contributed by atoms with Crippen molar-refractivity contribution in [1.29, 1.82) is 0 Å². The lowest BCUT2D eigenvalue weighted by Crippen LogP contribution is -2.25. The largest absolute Gasteiger partial charge is 0.493 e. The van der Waals surface area contributed by atoms with Gasteiger partial charge in [-0.15, -0.1) is 0 Å². The molecule has 0 fully saturated rings. The lowest BCUT2D eigenvalue weighted by atomic mass is 9.86. The van der Waals surface area contributed by atoms with Gasteiger partial charge in [-0.3, -0.25) is 4.79 Å². The first-order valence-corrected chi connectivity index (χ1v) is 9.42. The molecule has 3 aromatic rings. The van der Waals surface area contributed by atoms with E-state index in [-0.39, 0.29) is 11.8 Å². The van der Waals surface area contributed by atoms with Gasteiger partial charge in [-0.2, -0.15) is 9.78 Å². The maximum Gasteiger partial charge on any atom is 0.252 e. The first-order valence-electron chi connectivity index (χ1n) is 9.42. The number of benzene rings is 1. The molecule has 0 saturated carbocycles. The molecule has 2 aromatic heterocycles. The van der Waals surface area contributed by atoms with E-state index in [1.807, 2.05) is 31.2 Å². The van der Waals surface area contributed by atoms with Crippen LogP contribution in [0.25, 0.3) is 5.95 Å². The summed E-state index contributed by atoms with van der Waals surface area (Å²) in [6.45, 7) is 6.86. The molecule has 0 saturated heterocycles. The fourth-order valence-electron chi connectivity index (χ4n) is 3.44. The molecule has 7 nitrogen and oxygen atoms in total. The summed E-state index contributed by atoms with van der Waals surface area (Å²) in [6.07, 6.45) is 3.69. The van der Waals surface area contributed by atoms with E-state index in [2.05, 4.69) is 34.2 Å². The Bertz CT molecular complexity index is 980. The number of anilines is 1. The van der Waals surface area contributed by atoms with E-state index in [4.69, 9.17) is 4.74 Å². The third-order valence-corrected chi connectivity index (χ3v) is 4.71. The number of ether oxygens (including phenoxy) is 1. The van der Waals surface area contributed by atoms with Gasteiger partial charge in [0.15, 0.2) is 0 Å². The van der Waals surface area contributed by atoms with Crippen LogP contribution in [0.3, 0.4) is 0 Å². The van der Waals surface area contributed by atoms with Gasteiger partial charge in [-0.05, 0) is 36.6 Å². The molecule has 0 radical (unpaired) electrons. The lowest BCUT2D eigenvalue weighted by Gasteiger charge is -2.24. The Labute approximate surface area is 163 Å². The van der Waals surface area contributed by atoms with Crippen LogP contribution in [-0.2, 0) is 4.79 Å². The van der Waals surface area contributed by atoms with Crippen molar-refractivity contribution in [3.63, 3.8) is 0 Å². The van der Waals surface area contributed by atoms with E-state index < -0.39 is 0 Å². The Kier molecular flexibility index (Phi) is 4.81. The number of rotatable bonds is 5. The number of hydrogen-bond acceptors (Lipinski definition) is 5. The number of nitrogens with zero attached hydrogens (tertiary/aromatic N) is 4. The van der Waals surface area contributed by atoms with Crippen LogP contribution in [0.2, 0.25) is 0 Å². The van der Waals surface area contributed by atoms with Gasteiger partial charge >= 0.3 is 0 Å². The number of fused-ring (bicyclic) bond motifs is 1. The first kappa shape index (κ1) is 18.2. The van der Waals surface area contributed by atoms with Gasteiger partial charge in [0, 0.05) is 30.3 Å². The zero-order chi connectivity index (χ0) is 19.7. The quantitative estimate of drug-likeness (QED) is 0.736. The Morgan fingerprint density at radius 3 is 2.61 bits per heavy atom.